The smallest absolute Gasteiger partial charge is 0.219 e. The standard InChI is InChI=1S/C18H20N2O/c1-19-18(21)7-4-10-20-15-8-9-17-14(12-15)11-13-5-2-3-6-16(13)17/h2-3,5-6,8-9,12,20H,4,7,10-11H2,1H3,(H,19,21). The molecule has 3 nitrogen and oxygen atoms in total. The van der Waals surface area contributed by atoms with Gasteiger partial charge in [0.2, 0.25) is 5.91 Å². The fraction of sp³-hybridized carbons (Fsp3) is 0.278. The van der Waals surface area contributed by atoms with E-state index in [9.17, 15) is 4.79 Å². The third-order valence-electron chi connectivity index (χ3n) is 3.98. The van der Waals surface area contributed by atoms with Crippen molar-refractivity contribution in [2.24, 2.45) is 0 Å². The summed E-state index contributed by atoms with van der Waals surface area (Å²) in [6, 6.07) is 15.1. The van der Waals surface area contributed by atoms with E-state index in [-0.39, 0.29) is 5.91 Å². The van der Waals surface area contributed by atoms with Crippen LogP contribution in [0.15, 0.2) is 42.5 Å². The van der Waals surface area contributed by atoms with Gasteiger partial charge in [0.25, 0.3) is 0 Å². The molecule has 2 aromatic carbocycles. The molecule has 0 unspecified atom stereocenters. The van der Waals surface area contributed by atoms with E-state index in [4.69, 9.17) is 0 Å². The molecule has 1 amide bonds. The molecule has 0 heterocycles. The number of hydrogen-bond donors (Lipinski definition) is 2. The number of carbonyl (C=O) groups excluding carboxylic acids is 1. The molecule has 3 heteroatoms. The lowest BCUT2D eigenvalue weighted by atomic mass is 10.1. The second-order valence-corrected chi connectivity index (χ2v) is 5.41. The lowest BCUT2D eigenvalue weighted by Gasteiger charge is -2.08. The predicted molar refractivity (Wildman–Crippen MR) is 86.5 cm³/mol. The number of benzene rings is 2. The van der Waals surface area contributed by atoms with Crippen LogP contribution in [0.3, 0.4) is 0 Å². The van der Waals surface area contributed by atoms with E-state index in [0.29, 0.717) is 6.42 Å². The first-order valence-electron chi connectivity index (χ1n) is 7.43. The number of hydrogen-bond acceptors (Lipinski definition) is 2. The normalized spacial score (nSPS) is 11.7. The van der Waals surface area contributed by atoms with E-state index in [1.54, 1.807) is 7.05 Å². The first kappa shape index (κ1) is 13.7. The maximum Gasteiger partial charge on any atom is 0.219 e. The Morgan fingerprint density at radius 2 is 1.90 bits per heavy atom. The summed E-state index contributed by atoms with van der Waals surface area (Å²) >= 11 is 0. The minimum Gasteiger partial charge on any atom is -0.385 e. The highest BCUT2D eigenvalue weighted by Gasteiger charge is 2.17. The van der Waals surface area contributed by atoms with E-state index in [0.717, 1.165) is 25.1 Å². The topological polar surface area (TPSA) is 41.1 Å². The highest BCUT2D eigenvalue weighted by atomic mass is 16.1. The van der Waals surface area contributed by atoms with Crippen molar-refractivity contribution in [3.63, 3.8) is 0 Å². The summed E-state index contributed by atoms with van der Waals surface area (Å²) in [4.78, 5) is 11.2. The van der Waals surface area contributed by atoms with Crippen LogP contribution in [0.25, 0.3) is 11.1 Å². The molecule has 2 aromatic rings. The van der Waals surface area contributed by atoms with Crippen LogP contribution in [-0.4, -0.2) is 19.5 Å². The monoisotopic (exact) mass is 280 g/mol. The molecule has 1 aliphatic rings. The van der Waals surface area contributed by atoms with Crippen LogP contribution in [0.4, 0.5) is 5.69 Å². The fourth-order valence-electron chi connectivity index (χ4n) is 2.86. The zero-order valence-corrected chi connectivity index (χ0v) is 12.3. The van der Waals surface area contributed by atoms with Crippen LogP contribution >= 0.6 is 0 Å². The second kappa shape index (κ2) is 6.00. The molecule has 0 saturated heterocycles. The zero-order valence-electron chi connectivity index (χ0n) is 12.3. The van der Waals surface area contributed by atoms with Gasteiger partial charge in [-0.1, -0.05) is 30.3 Å². The Kier molecular flexibility index (Phi) is 3.91. The molecule has 1 aliphatic carbocycles. The number of anilines is 1. The van der Waals surface area contributed by atoms with Crippen LogP contribution in [0.5, 0.6) is 0 Å². The van der Waals surface area contributed by atoms with Crippen LogP contribution in [0, 0.1) is 0 Å². The molecule has 21 heavy (non-hydrogen) atoms. The quantitative estimate of drug-likeness (QED) is 0.705. The molecule has 3 rings (SSSR count). The molecule has 0 aliphatic heterocycles. The van der Waals surface area contributed by atoms with E-state index in [1.165, 1.54) is 22.3 Å². The lowest BCUT2D eigenvalue weighted by Crippen LogP contribution is -2.18. The molecular weight excluding hydrogens is 260 g/mol. The number of nitrogens with one attached hydrogen (secondary N) is 2. The summed E-state index contributed by atoms with van der Waals surface area (Å²) in [7, 11) is 1.67. The Labute approximate surface area is 125 Å². The van der Waals surface area contributed by atoms with E-state index in [2.05, 4.69) is 53.1 Å². The maximum atomic E-state index is 11.2. The van der Waals surface area contributed by atoms with Gasteiger partial charge in [0.1, 0.15) is 0 Å². The lowest BCUT2D eigenvalue weighted by molar-refractivity contribution is -0.120. The van der Waals surface area contributed by atoms with Gasteiger partial charge in [0, 0.05) is 25.7 Å². The van der Waals surface area contributed by atoms with Crippen molar-refractivity contribution < 1.29 is 4.79 Å². The van der Waals surface area contributed by atoms with Crippen LogP contribution < -0.4 is 10.6 Å². The largest absolute Gasteiger partial charge is 0.385 e. The molecule has 2 N–H and O–H groups in total. The molecule has 108 valence electrons. The Morgan fingerprint density at radius 3 is 2.76 bits per heavy atom. The summed E-state index contributed by atoms with van der Waals surface area (Å²) in [6.07, 6.45) is 2.43. The Morgan fingerprint density at radius 1 is 1.10 bits per heavy atom. The van der Waals surface area contributed by atoms with Crippen molar-refractivity contribution >= 4 is 11.6 Å². The number of rotatable bonds is 5. The zero-order chi connectivity index (χ0) is 14.7. The summed E-state index contributed by atoms with van der Waals surface area (Å²) in [5.74, 6) is 0.0983. The van der Waals surface area contributed by atoms with Crippen LogP contribution in [-0.2, 0) is 11.2 Å². The molecule has 0 fully saturated rings. The summed E-state index contributed by atoms with van der Waals surface area (Å²) in [5.41, 5.74) is 6.63. The minimum absolute atomic E-state index is 0.0983. The maximum absolute atomic E-state index is 11.2. The van der Waals surface area contributed by atoms with E-state index < -0.39 is 0 Å². The highest BCUT2D eigenvalue weighted by Crippen LogP contribution is 2.37. The molecular formula is C18H20N2O. The van der Waals surface area contributed by atoms with Gasteiger partial charge in [-0.25, -0.2) is 0 Å². The molecule has 0 radical (unpaired) electrons. The van der Waals surface area contributed by atoms with E-state index in [1.807, 2.05) is 0 Å². The molecule has 0 saturated carbocycles. The highest BCUT2D eigenvalue weighted by molar-refractivity contribution is 5.78. The third-order valence-corrected chi connectivity index (χ3v) is 3.98. The summed E-state index contributed by atoms with van der Waals surface area (Å²) < 4.78 is 0. The first-order chi connectivity index (χ1) is 10.3. The van der Waals surface area contributed by atoms with Crippen molar-refractivity contribution in [1.82, 2.24) is 5.32 Å². The van der Waals surface area contributed by atoms with E-state index >= 15 is 0 Å². The third kappa shape index (κ3) is 2.92. The Hall–Kier alpha value is -2.29. The van der Waals surface area contributed by atoms with Crippen LogP contribution in [0.1, 0.15) is 24.0 Å². The second-order valence-electron chi connectivity index (χ2n) is 5.41. The van der Waals surface area contributed by atoms with Gasteiger partial charge in [-0.2, -0.15) is 0 Å². The average molecular weight is 280 g/mol. The van der Waals surface area contributed by atoms with Gasteiger partial charge < -0.3 is 10.6 Å². The van der Waals surface area contributed by atoms with Gasteiger partial charge in [0.05, 0.1) is 0 Å². The van der Waals surface area contributed by atoms with Gasteiger partial charge in [-0.15, -0.1) is 0 Å². The molecule has 0 aromatic heterocycles. The molecule has 0 atom stereocenters. The fourth-order valence-corrected chi connectivity index (χ4v) is 2.86. The van der Waals surface area contributed by atoms with Crippen molar-refractivity contribution in [3.8, 4) is 11.1 Å². The average Bonchev–Trinajstić information content (AvgIpc) is 2.89. The predicted octanol–water partition coefficient (Wildman–Crippen LogP) is 3.20. The van der Waals surface area contributed by atoms with Crippen molar-refractivity contribution in [2.45, 2.75) is 19.3 Å². The minimum atomic E-state index is 0.0983. The van der Waals surface area contributed by atoms with Crippen molar-refractivity contribution in [1.29, 1.82) is 0 Å². The SMILES string of the molecule is CNC(=O)CCCNc1ccc2c(c1)Cc1ccccc1-2. The van der Waals surface area contributed by atoms with Crippen LogP contribution in [0.2, 0.25) is 0 Å². The van der Waals surface area contributed by atoms with Gasteiger partial charge >= 0.3 is 0 Å². The number of amides is 1. The summed E-state index contributed by atoms with van der Waals surface area (Å²) in [6.45, 7) is 0.819. The number of fused-ring (bicyclic) bond motifs is 3. The van der Waals surface area contributed by atoms with Crippen molar-refractivity contribution in [2.75, 3.05) is 18.9 Å². The molecule has 0 spiro atoms. The van der Waals surface area contributed by atoms with Gasteiger partial charge in [-0.3, -0.25) is 4.79 Å². The first-order valence-corrected chi connectivity index (χ1v) is 7.43. The molecule has 0 bridgehead atoms. The van der Waals surface area contributed by atoms with Gasteiger partial charge in [0.15, 0.2) is 0 Å². The number of carbonyl (C=O) groups is 1. The Balaban J connectivity index is 1.63. The summed E-state index contributed by atoms with van der Waals surface area (Å²) in [5, 5.41) is 6.04. The van der Waals surface area contributed by atoms with Crippen molar-refractivity contribution in [3.05, 3.63) is 53.6 Å². The Bertz CT molecular complexity index is 664. The van der Waals surface area contributed by atoms with Gasteiger partial charge in [-0.05, 0) is 47.2 Å².